The molecule has 2 aromatic heterocycles. The highest BCUT2D eigenvalue weighted by Crippen LogP contribution is 2.36. The maximum atomic E-state index is 12.7. The molecule has 0 unspecified atom stereocenters. The van der Waals surface area contributed by atoms with Gasteiger partial charge in [-0.2, -0.15) is 0 Å². The molecule has 1 fully saturated rings. The third-order valence-electron chi connectivity index (χ3n) is 4.87. The second kappa shape index (κ2) is 5.30. The highest BCUT2D eigenvalue weighted by atomic mass is 16.2. The van der Waals surface area contributed by atoms with E-state index in [1.807, 2.05) is 42.7 Å². The molecule has 22 heavy (non-hydrogen) atoms. The lowest BCUT2D eigenvalue weighted by atomic mass is 9.97. The van der Waals surface area contributed by atoms with Crippen LogP contribution in [0.5, 0.6) is 0 Å². The highest BCUT2D eigenvalue weighted by molar-refractivity contribution is 5.92. The average molecular weight is 298 g/mol. The number of carbonyl (C=O) groups excluding carboxylic acids is 1. The van der Waals surface area contributed by atoms with E-state index in [2.05, 4.69) is 14.1 Å². The zero-order valence-corrected chi connectivity index (χ0v) is 13.0. The van der Waals surface area contributed by atoms with Crippen molar-refractivity contribution in [1.82, 2.24) is 19.0 Å². The van der Waals surface area contributed by atoms with Gasteiger partial charge in [-0.25, -0.2) is 4.98 Å². The van der Waals surface area contributed by atoms with E-state index in [1.165, 1.54) is 12.8 Å². The van der Waals surface area contributed by atoms with Gasteiger partial charge in [0.25, 0.3) is 5.91 Å². The van der Waals surface area contributed by atoms with Crippen LogP contribution in [0.1, 0.15) is 41.6 Å². The minimum absolute atomic E-state index is 0.144. The Balaban J connectivity index is 1.42. The molecule has 5 nitrogen and oxygen atoms in total. The molecule has 1 atom stereocenters. The number of aryl methyl sites for hydroxylation is 1. The van der Waals surface area contributed by atoms with Gasteiger partial charge in [0.05, 0.1) is 0 Å². The number of amides is 1. The van der Waals surface area contributed by atoms with E-state index < -0.39 is 0 Å². The third-order valence-corrected chi connectivity index (χ3v) is 4.87. The topological polar surface area (TPSA) is 43.1 Å². The molecule has 1 saturated carbocycles. The van der Waals surface area contributed by atoms with E-state index in [1.54, 1.807) is 0 Å². The van der Waals surface area contributed by atoms with E-state index in [0.717, 1.165) is 37.4 Å². The van der Waals surface area contributed by atoms with E-state index >= 15 is 0 Å². The summed E-state index contributed by atoms with van der Waals surface area (Å²) >= 11 is 0. The van der Waals surface area contributed by atoms with E-state index in [4.69, 9.17) is 0 Å². The smallest absolute Gasteiger partial charge is 0.270 e. The van der Waals surface area contributed by atoms with Gasteiger partial charge in [-0.3, -0.25) is 4.79 Å². The first-order valence-electron chi connectivity index (χ1n) is 8.14. The predicted molar refractivity (Wildman–Crippen MR) is 83.7 cm³/mol. The number of hydrogen-bond acceptors (Lipinski definition) is 2. The van der Waals surface area contributed by atoms with Crippen LogP contribution in [0.4, 0.5) is 0 Å². The van der Waals surface area contributed by atoms with Gasteiger partial charge >= 0.3 is 0 Å². The molecule has 0 aromatic carbocycles. The van der Waals surface area contributed by atoms with Crippen molar-refractivity contribution < 1.29 is 4.79 Å². The molecule has 1 aliphatic carbocycles. The molecule has 0 bridgehead atoms. The van der Waals surface area contributed by atoms with Crippen LogP contribution in [0, 0.1) is 5.92 Å². The van der Waals surface area contributed by atoms with Crippen LogP contribution in [0.2, 0.25) is 0 Å². The van der Waals surface area contributed by atoms with Gasteiger partial charge in [0.2, 0.25) is 0 Å². The van der Waals surface area contributed by atoms with E-state index in [9.17, 15) is 4.79 Å². The molecule has 116 valence electrons. The van der Waals surface area contributed by atoms with Gasteiger partial charge in [-0.05, 0) is 37.3 Å². The number of fused-ring (bicyclic) bond motifs is 1. The molecule has 4 rings (SSSR count). The Bertz CT molecular complexity index is 682. The Hall–Kier alpha value is -2.04. The third kappa shape index (κ3) is 2.45. The van der Waals surface area contributed by atoms with Crippen molar-refractivity contribution in [1.29, 1.82) is 0 Å². The van der Waals surface area contributed by atoms with Crippen LogP contribution < -0.4 is 0 Å². The number of aromatic nitrogens is 3. The summed E-state index contributed by atoms with van der Waals surface area (Å²) in [5.41, 5.74) is 0.835. The van der Waals surface area contributed by atoms with Crippen molar-refractivity contribution in [2.24, 2.45) is 5.92 Å². The summed E-state index contributed by atoms with van der Waals surface area (Å²) in [6.45, 7) is 1.82. The molecule has 1 aliphatic heterocycles. The quantitative estimate of drug-likeness (QED) is 0.869. The Morgan fingerprint density at radius 3 is 3.05 bits per heavy atom. The average Bonchev–Trinajstić information content (AvgIpc) is 3.07. The first-order valence-corrected chi connectivity index (χ1v) is 8.14. The standard InChI is InChI=1S/C17H22N4O/c1-19(12-13-6-9-20-10-7-18-16(20)11-13)17(22)15-3-2-8-21(15)14-4-5-14/h2-3,7-8,10,13-14H,4-6,9,11-12H2,1H3/t13-/m0/s1. The Labute approximate surface area is 130 Å². The summed E-state index contributed by atoms with van der Waals surface area (Å²) in [5.74, 6) is 1.80. The van der Waals surface area contributed by atoms with Crippen molar-refractivity contribution >= 4 is 5.91 Å². The van der Waals surface area contributed by atoms with E-state index in [-0.39, 0.29) is 5.91 Å². The molecule has 0 saturated heterocycles. The number of carbonyl (C=O) groups is 1. The van der Waals surface area contributed by atoms with Crippen molar-refractivity contribution in [2.75, 3.05) is 13.6 Å². The summed E-state index contributed by atoms with van der Waals surface area (Å²) in [5, 5.41) is 0. The first-order chi connectivity index (χ1) is 10.7. The van der Waals surface area contributed by atoms with Crippen molar-refractivity contribution in [2.45, 2.75) is 38.3 Å². The highest BCUT2D eigenvalue weighted by Gasteiger charge is 2.29. The molecule has 2 aliphatic rings. The zero-order chi connectivity index (χ0) is 15.1. The lowest BCUT2D eigenvalue weighted by molar-refractivity contribution is 0.0753. The van der Waals surface area contributed by atoms with Crippen LogP contribution >= 0.6 is 0 Å². The minimum atomic E-state index is 0.144. The molecule has 3 heterocycles. The van der Waals surface area contributed by atoms with Gasteiger partial charge in [0, 0.05) is 51.2 Å². The number of nitrogens with zero attached hydrogens (tertiary/aromatic N) is 4. The molecule has 0 radical (unpaired) electrons. The molecule has 0 N–H and O–H groups in total. The van der Waals surface area contributed by atoms with Crippen LogP contribution in [0.25, 0.3) is 0 Å². The molecular weight excluding hydrogens is 276 g/mol. The number of hydrogen-bond donors (Lipinski definition) is 0. The lowest BCUT2D eigenvalue weighted by Crippen LogP contribution is -2.35. The van der Waals surface area contributed by atoms with Crippen molar-refractivity contribution in [3.8, 4) is 0 Å². The molecule has 5 heteroatoms. The van der Waals surface area contributed by atoms with Crippen LogP contribution in [0.15, 0.2) is 30.7 Å². The normalized spacial score (nSPS) is 20.7. The number of rotatable bonds is 4. The fourth-order valence-electron chi connectivity index (χ4n) is 3.48. The van der Waals surface area contributed by atoms with Gasteiger partial charge in [-0.1, -0.05) is 0 Å². The van der Waals surface area contributed by atoms with Gasteiger partial charge in [0.1, 0.15) is 11.5 Å². The lowest BCUT2D eigenvalue weighted by Gasteiger charge is -2.28. The molecule has 0 spiro atoms. The fourth-order valence-corrected chi connectivity index (χ4v) is 3.48. The van der Waals surface area contributed by atoms with Crippen molar-refractivity contribution in [3.05, 3.63) is 42.2 Å². The van der Waals surface area contributed by atoms with Crippen LogP contribution in [0.3, 0.4) is 0 Å². The van der Waals surface area contributed by atoms with Crippen LogP contribution in [-0.2, 0) is 13.0 Å². The van der Waals surface area contributed by atoms with Gasteiger partial charge in [0.15, 0.2) is 0 Å². The fraction of sp³-hybridized carbons (Fsp3) is 0.529. The first kappa shape index (κ1) is 13.6. The SMILES string of the molecule is CN(C[C@H]1CCn2ccnc2C1)C(=O)c1cccn1C1CC1. The van der Waals surface area contributed by atoms with Gasteiger partial charge in [-0.15, -0.1) is 0 Å². The number of imidazole rings is 1. The Morgan fingerprint density at radius 1 is 1.36 bits per heavy atom. The zero-order valence-electron chi connectivity index (χ0n) is 13.0. The summed E-state index contributed by atoms with van der Waals surface area (Å²) in [7, 11) is 1.92. The predicted octanol–water partition coefficient (Wildman–Crippen LogP) is 2.35. The summed E-state index contributed by atoms with van der Waals surface area (Å²) < 4.78 is 4.36. The maximum absolute atomic E-state index is 12.7. The van der Waals surface area contributed by atoms with Gasteiger partial charge < -0.3 is 14.0 Å². The largest absolute Gasteiger partial charge is 0.340 e. The van der Waals surface area contributed by atoms with Crippen molar-refractivity contribution in [3.63, 3.8) is 0 Å². The Morgan fingerprint density at radius 2 is 2.23 bits per heavy atom. The molecular formula is C17H22N4O. The maximum Gasteiger partial charge on any atom is 0.270 e. The second-order valence-electron chi connectivity index (χ2n) is 6.61. The molecule has 2 aromatic rings. The Kier molecular flexibility index (Phi) is 3.28. The van der Waals surface area contributed by atoms with E-state index in [0.29, 0.717) is 12.0 Å². The minimum Gasteiger partial charge on any atom is -0.340 e. The van der Waals surface area contributed by atoms with Crippen LogP contribution in [-0.4, -0.2) is 38.5 Å². The second-order valence-corrected chi connectivity index (χ2v) is 6.61. The summed E-state index contributed by atoms with van der Waals surface area (Å²) in [6.07, 6.45) is 10.4. The molecule has 1 amide bonds. The summed E-state index contributed by atoms with van der Waals surface area (Å²) in [4.78, 5) is 19.0. The summed E-state index contributed by atoms with van der Waals surface area (Å²) in [6, 6.07) is 4.48. The monoisotopic (exact) mass is 298 g/mol.